The standard InChI is InChI=1S/C9H14N4O/c1-6-3-7(6)4-13(2)9(14)8-10-5-11-12-8/h5-7H,3-4H2,1-2H3,(H,10,11,12). The Morgan fingerprint density at radius 3 is 3.00 bits per heavy atom. The van der Waals surface area contributed by atoms with Crippen molar-refractivity contribution in [3.63, 3.8) is 0 Å². The van der Waals surface area contributed by atoms with Crippen LogP contribution in [0.5, 0.6) is 0 Å². The molecule has 1 saturated carbocycles. The molecule has 5 heteroatoms. The molecule has 14 heavy (non-hydrogen) atoms. The lowest BCUT2D eigenvalue weighted by Crippen LogP contribution is -2.29. The van der Waals surface area contributed by atoms with Crippen LogP contribution in [0.25, 0.3) is 0 Å². The number of rotatable bonds is 3. The molecule has 0 saturated heterocycles. The number of carbonyl (C=O) groups is 1. The molecule has 0 aromatic carbocycles. The predicted molar refractivity (Wildman–Crippen MR) is 50.6 cm³/mol. The third-order valence-electron chi connectivity index (χ3n) is 2.75. The van der Waals surface area contributed by atoms with E-state index < -0.39 is 0 Å². The zero-order chi connectivity index (χ0) is 10.1. The fourth-order valence-corrected chi connectivity index (χ4v) is 1.58. The van der Waals surface area contributed by atoms with Gasteiger partial charge in [-0.1, -0.05) is 6.92 Å². The maximum absolute atomic E-state index is 11.7. The van der Waals surface area contributed by atoms with Crippen molar-refractivity contribution in [2.75, 3.05) is 13.6 Å². The minimum Gasteiger partial charge on any atom is -0.339 e. The summed E-state index contributed by atoms with van der Waals surface area (Å²) in [5.41, 5.74) is 0. The van der Waals surface area contributed by atoms with Crippen LogP contribution in [0, 0.1) is 11.8 Å². The number of hydrogen-bond acceptors (Lipinski definition) is 3. The number of aromatic nitrogens is 3. The van der Waals surface area contributed by atoms with E-state index in [0.29, 0.717) is 11.7 Å². The van der Waals surface area contributed by atoms with Gasteiger partial charge in [-0.25, -0.2) is 4.98 Å². The highest BCUT2D eigenvalue weighted by Gasteiger charge is 2.34. The van der Waals surface area contributed by atoms with E-state index in [2.05, 4.69) is 22.1 Å². The van der Waals surface area contributed by atoms with Crippen molar-refractivity contribution in [3.8, 4) is 0 Å². The highest BCUT2D eigenvalue weighted by Crippen LogP contribution is 2.37. The zero-order valence-corrected chi connectivity index (χ0v) is 8.40. The lowest BCUT2D eigenvalue weighted by Gasteiger charge is -2.14. The molecule has 1 aliphatic rings. The van der Waals surface area contributed by atoms with E-state index >= 15 is 0 Å². The molecule has 1 aromatic rings. The lowest BCUT2D eigenvalue weighted by atomic mass is 10.3. The Morgan fingerprint density at radius 1 is 1.79 bits per heavy atom. The predicted octanol–water partition coefficient (Wildman–Crippen LogP) is 0.533. The van der Waals surface area contributed by atoms with Crippen molar-refractivity contribution < 1.29 is 4.79 Å². The molecule has 0 aliphatic heterocycles. The molecule has 1 heterocycles. The average Bonchev–Trinajstić information content (AvgIpc) is 2.72. The number of H-pyrrole nitrogens is 1. The molecule has 5 nitrogen and oxygen atoms in total. The van der Waals surface area contributed by atoms with E-state index in [9.17, 15) is 4.79 Å². The summed E-state index contributed by atoms with van der Waals surface area (Å²) < 4.78 is 0. The van der Waals surface area contributed by atoms with E-state index in [-0.39, 0.29) is 5.91 Å². The van der Waals surface area contributed by atoms with Gasteiger partial charge >= 0.3 is 0 Å². The molecule has 2 rings (SSSR count). The van der Waals surface area contributed by atoms with E-state index in [0.717, 1.165) is 12.5 Å². The van der Waals surface area contributed by atoms with Crippen molar-refractivity contribution >= 4 is 5.91 Å². The number of nitrogens with one attached hydrogen (secondary N) is 1. The highest BCUT2D eigenvalue weighted by atomic mass is 16.2. The second-order valence-corrected chi connectivity index (χ2v) is 3.99. The van der Waals surface area contributed by atoms with Crippen molar-refractivity contribution in [2.24, 2.45) is 11.8 Å². The molecular weight excluding hydrogens is 180 g/mol. The average molecular weight is 194 g/mol. The van der Waals surface area contributed by atoms with Crippen LogP contribution in [0.4, 0.5) is 0 Å². The van der Waals surface area contributed by atoms with E-state index in [4.69, 9.17) is 0 Å². The summed E-state index contributed by atoms with van der Waals surface area (Å²) in [5.74, 6) is 1.68. The number of hydrogen-bond donors (Lipinski definition) is 1. The molecule has 0 radical (unpaired) electrons. The first-order chi connectivity index (χ1) is 6.68. The maximum atomic E-state index is 11.7. The Kier molecular flexibility index (Phi) is 2.23. The van der Waals surface area contributed by atoms with Gasteiger partial charge in [0.05, 0.1) is 0 Å². The van der Waals surface area contributed by atoms with E-state index in [1.807, 2.05) is 0 Å². The number of nitrogens with zero attached hydrogens (tertiary/aromatic N) is 3. The summed E-state index contributed by atoms with van der Waals surface area (Å²) in [6.45, 7) is 3.03. The van der Waals surface area contributed by atoms with Crippen molar-refractivity contribution in [1.82, 2.24) is 20.1 Å². The van der Waals surface area contributed by atoms with Gasteiger partial charge in [0.15, 0.2) is 0 Å². The van der Waals surface area contributed by atoms with Crippen LogP contribution >= 0.6 is 0 Å². The molecule has 1 N–H and O–H groups in total. The summed E-state index contributed by atoms with van der Waals surface area (Å²) in [6.07, 6.45) is 2.58. The Balaban J connectivity index is 1.91. The van der Waals surface area contributed by atoms with Gasteiger partial charge < -0.3 is 4.90 Å². The molecular formula is C9H14N4O. The van der Waals surface area contributed by atoms with Gasteiger partial charge in [0.2, 0.25) is 5.82 Å². The monoisotopic (exact) mass is 194 g/mol. The van der Waals surface area contributed by atoms with Crippen molar-refractivity contribution in [1.29, 1.82) is 0 Å². The summed E-state index contributed by atoms with van der Waals surface area (Å²) >= 11 is 0. The van der Waals surface area contributed by atoms with Crippen LogP contribution in [-0.2, 0) is 0 Å². The lowest BCUT2D eigenvalue weighted by molar-refractivity contribution is 0.0775. The SMILES string of the molecule is CC1CC1CN(C)C(=O)c1ncn[nH]1. The van der Waals surface area contributed by atoms with Crippen molar-refractivity contribution in [2.45, 2.75) is 13.3 Å². The molecule has 0 bridgehead atoms. The molecule has 0 spiro atoms. The van der Waals surface area contributed by atoms with Gasteiger partial charge in [0.25, 0.3) is 5.91 Å². The second kappa shape index (κ2) is 3.40. The Hall–Kier alpha value is -1.39. The highest BCUT2D eigenvalue weighted by molar-refractivity contribution is 5.90. The molecule has 2 atom stereocenters. The fourth-order valence-electron chi connectivity index (χ4n) is 1.58. The second-order valence-electron chi connectivity index (χ2n) is 3.99. The largest absolute Gasteiger partial charge is 0.339 e. The molecule has 1 fully saturated rings. The van der Waals surface area contributed by atoms with E-state index in [1.165, 1.54) is 12.7 Å². The summed E-state index contributed by atoms with van der Waals surface area (Å²) in [6, 6.07) is 0. The minimum absolute atomic E-state index is 0.0819. The van der Waals surface area contributed by atoms with Crippen LogP contribution in [0.15, 0.2) is 6.33 Å². The zero-order valence-electron chi connectivity index (χ0n) is 8.40. The number of aromatic amines is 1. The van der Waals surface area contributed by atoms with Gasteiger partial charge in [-0.15, -0.1) is 0 Å². The first kappa shape index (κ1) is 9.18. The van der Waals surface area contributed by atoms with Crippen molar-refractivity contribution in [3.05, 3.63) is 12.2 Å². The van der Waals surface area contributed by atoms with Gasteiger partial charge in [-0.05, 0) is 18.3 Å². The summed E-state index contributed by atoms with van der Waals surface area (Å²) in [4.78, 5) is 17.2. The fraction of sp³-hybridized carbons (Fsp3) is 0.667. The molecule has 1 amide bonds. The normalized spacial score (nSPS) is 24.7. The number of carbonyl (C=O) groups excluding carboxylic acids is 1. The van der Waals surface area contributed by atoms with Crippen LogP contribution in [-0.4, -0.2) is 39.6 Å². The first-order valence-corrected chi connectivity index (χ1v) is 4.79. The van der Waals surface area contributed by atoms with E-state index in [1.54, 1.807) is 11.9 Å². The minimum atomic E-state index is -0.0819. The van der Waals surface area contributed by atoms with Gasteiger partial charge in [0, 0.05) is 13.6 Å². The van der Waals surface area contributed by atoms with Gasteiger partial charge in [0.1, 0.15) is 6.33 Å². The third-order valence-corrected chi connectivity index (χ3v) is 2.75. The quantitative estimate of drug-likeness (QED) is 0.763. The molecule has 1 aromatic heterocycles. The third kappa shape index (κ3) is 1.76. The first-order valence-electron chi connectivity index (χ1n) is 4.79. The van der Waals surface area contributed by atoms with Gasteiger partial charge in [-0.2, -0.15) is 5.10 Å². The smallest absolute Gasteiger partial charge is 0.290 e. The Morgan fingerprint density at radius 2 is 2.50 bits per heavy atom. The van der Waals surface area contributed by atoms with Crippen LogP contribution in [0.1, 0.15) is 24.0 Å². The topological polar surface area (TPSA) is 61.9 Å². The molecule has 2 unspecified atom stereocenters. The van der Waals surface area contributed by atoms with Gasteiger partial charge in [-0.3, -0.25) is 9.89 Å². The maximum Gasteiger partial charge on any atom is 0.290 e. The molecule has 1 aliphatic carbocycles. The summed E-state index contributed by atoms with van der Waals surface area (Å²) in [5, 5.41) is 6.22. The van der Waals surface area contributed by atoms with Crippen LogP contribution < -0.4 is 0 Å². The van der Waals surface area contributed by atoms with Crippen LogP contribution in [0.3, 0.4) is 0 Å². The summed E-state index contributed by atoms with van der Waals surface area (Å²) in [7, 11) is 1.80. The Bertz CT molecular complexity index is 322. The number of amides is 1. The Labute approximate surface area is 82.5 Å². The molecule has 76 valence electrons. The van der Waals surface area contributed by atoms with Crippen LogP contribution in [0.2, 0.25) is 0 Å².